The first-order valence-electron chi connectivity index (χ1n) is 5.69. The number of nitrogens with one attached hydrogen (secondary N) is 1. The van der Waals surface area contributed by atoms with Gasteiger partial charge in [0.15, 0.2) is 0 Å². The second-order valence-corrected chi connectivity index (χ2v) is 4.09. The molecule has 0 spiro atoms. The molecule has 18 heavy (non-hydrogen) atoms. The molecule has 0 aliphatic heterocycles. The van der Waals surface area contributed by atoms with Crippen molar-refractivity contribution < 1.29 is 4.39 Å². The summed E-state index contributed by atoms with van der Waals surface area (Å²) in [5, 5.41) is 12.1. The summed E-state index contributed by atoms with van der Waals surface area (Å²) < 4.78 is 13.4. The van der Waals surface area contributed by atoms with Gasteiger partial charge in [0.05, 0.1) is 11.3 Å². The molecular formula is C15H13FN2. The van der Waals surface area contributed by atoms with Crippen molar-refractivity contribution in [1.82, 2.24) is 0 Å². The molecule has 0 aliphatic carbocycles. The minimum atomic E-state index is -0.206. The van der Waals surface area contributed by atoms with E-state index < -0.39 is 0 Å². The Morgan fingerprint density at radius 1 is 1.22 bits per heavy atom. The summed E-state index contributed by atoms with van der Waals surface area (Å²) in [6, 6.07) is 14.5. The smallest absolute Gasteiger partial charge is 0.126 e. The topological polar surface area (TPSA) is 35.8 Å². The number of halogens is 1. The molecule has 0 fully saturated rings. The minimum Gasteiger partial charge on any atom is -0.380 e. The van der Waals surface area contributed by atoms with Crippen LogP contribution in [0.2, 0.25) is 0 Å². The molecule has 0 aromatic heterocycles. The summed E-state index contributed by atoms with van der Waals surface area (Å²) >= 11 is 0. The highest BCUT2D eigenvalue weighted by Crippen LogP contribution is 2.16. The van der Waals surface area contributed by atoms with Gasteiger partial charge in [0.25, 0.3) is 0 Å². The van der Waals surface area contributed by atoms with E-state index in [9.17, 15) is 4.39 Å². The molecule has 0 unspecified atom stereocenters. The molecule has 0 aliphatic rings. The fraction of sp³-hybridized carbons (Fsp3) is 0.133. The van der Waals surface area contributed by atoms with Crippen molar-refractivity contribution in [1.29, 1.82) is 5.26 Å². The van der Waals surface area contributed by atoms with Crippen LogP contribution in [-0.2, 0) is 6.54 Å². The zero-order chi connectivity index (χ0) is 13.0. The first kappa shape index (κ1) is 12.1. The number of hydrogen-bond acceptors (Lipinski definition) is 2. The van der Waals surface area contributed by atoms with Gasteiger partial charge in [-0.05, 0) is 36.2 Å². The Morgan fingerprint density at radius 2 is 2.00 bits per heavy atom. The van der Waals surface area contributed by atoms with Crippen LogP contribution in [0.3, 0.4) is 0 Å². The van der Waals surface area contributed by atoms with Crippen LogP contribution >= 0.6 is 0 Å². The van der Waals surface area contributed by atoms with Gasteiger partial charge in [-0.2, -0.15) is 5.26 Å². The molecule has 2 nitrogen and oxygen atoms in total. The molecule has 0 bridgehead atoms. The molecular weight excluding hydrogens is 227 g/mol. The quantitative estimate of drug-likeness (QED) is 0.889. The molecule has 0 radical (unpaired) electrons. The van der Waals surface area contributed by atoms with E-state index in [1.54, 1.807) is 19.1 Å². The van der Waals surface area contributed by atoms with Crippen molar-refractivity contribution in [2.45, 2.75) is 13.5 Å². The van der Waals surface area contributed by atoms with Gasteiger partial charge in [-0.1, -0.05) is 24.3 Å². The summed E-state index contributed by atoms with van der Waals surface area (Å²) in [4.78, 5) is 0. The molecule has 3 heteroatoms. The predicted octanol–water partition coefficient (Wildman–Crippen LogP) is 3.62. The second-order valence-electron chi connectivity index (χ2n) is 4.09. The molecule has 0 atom stereocenters. The Bertz CT molecular complexity index is 600. The molecule has 0 heterocycles. The van der Waals surface area contributed by atoms with E-state index >= 15 is 0 Å². The number of hydrogen-bond donors (Lipinski definition) is 1. The van der Waals surface area contributed by atoms with Crippen molar-refractivity contribution >= 4 is 5.69 Å². The Hall–Kier alpha value is -2.34. The number of para-hydroxylation sites is 1. The van der Waals surface area contributed by atoms with Gasteiger partial charge >= 0.3 is 0 Å². The first-order chi connectivity index (χ1) is 8.70. The van der Waals surface area contributed by atoms with Crippen molar-refractivity contribution in [2.24, 2.45) is 0 Å². The van der Waals surface area contributed by atoms with E-state index in [2.05, 4.69) is 11.4 Å². The van der Waals surface area contributed by atoms with Crippen molar-refractivity contribution in [2.75, 3.05) is 5.32 Å². The van der Waals surface area contributed by atoms with Crippen LogP contribution in [0.15, 0.2) is 42.5 Å². The standard InChI is InChI=1S/C15H13FN2/c1-11-6-7-12(8-14(11)16)10-18-15-5-3-2-4-13(15)9-17/h2-8,18H,10H2,1H3. The number of aryl methyl sites for hydroxylation is 1. The highest BCUT2D eigenvalue weighted by Gasteiger charge is 2.02. The highest BCUT2D eigenvalue weighted by atomic mass is 19.1. The zero-order valence-corrected chi connectivity index (χ0v) is 10.1. The van der Waals surface area contributed by atoms with E-state index in [1.165, 1.54) is 6.07 Å². The molecule has 2 rings (SSSR count). The number of nitriles is 1. The second kappa shape index (κ2) is 5.33. The first-order valence-corrected chi connectivity index (χ1v) is 5.69. The summed E-state index contributed by atoms with van der Waals surface area (Å²) in [6.45, 7) is 2.23. The third-order valence-corrected chi connectivity index (χ3v) is 2.77. The molecule has 2 aromatic rings. The maximum atomic E-state index is 13.4. The van der Waals surface area contributed by atoms with Crippen LogP contribution in [-0.4, -0.2) is 0 Å². The summed E-state index contributed by atoms with van der Waals surface area (Å²) in [7, 11) is 0. The monoisotopic (exact) mass is 240 g/mol. The van der Waals surface area contributed by atoms with E-state index in [0.717, 1.165) is 11.3 Å². The molecule has 0 saturated heterocycles. The Labute approximate surface area is 106 Å². The Morgan fingerprint density at radius 3 is 2.72 bits per heavy atom. The number of nitrogens with zero attached hydrogens (tertiary/aromatic N) is 1. The van der Waals surface area contributed by atoms with Crippen molar-refractivity contribution in [3.63, 3.8) is 0 Å². The average molecular weight is 240 g/mol. The van der Waals surface area contributed by atoms with Gasteiger partial charge in [-0.15, -0.1) is 0 Å². The van der Waals surface area contributed by atoms with E-state index in [4.69, 9.17) is 5.26 Å². The largest absolute Gasteiger partial charge is 0.380 e. The van der Waals surface area contributed by atoms with E-state index in [1.807, 2.05) is 24.3 Å². The number of benzene rings is 2. The summed E-state index contributed by atoms with van der Waals surface area (Å²) in [6.07, 6.45) is 0. The highest BCUT2D eigenvalue weighted by molar-refractivity contribution is 5.57. The van der Waals surface area contributed by atoms with Gasteiger partial charge in [-0.3, -0.25) is 0 Å². The third-order valence-electron chi connectivity index (χ3n) is 2.77. The van der Waals surface area contributed by atoms with Crippen LogP contribution < -0.4 is 5.32 Å². The molecule has 0 amide bonds. The summed E-state index contributed by atoms with van der Waals surface area (Å²) in [5.74, 6) is -0.206. The zero-order valence-electron chi connectivity index (χ0n) is 10.1. The van der Waals surface area contributed by atoms with E-state index in [-0.39, 0.29) is 5.82 Å². The molecule has 2 aromatic carbocycles. The van der Waals surface area contributed by atoms with Gasteiger partial charge in [0, 0.05) is 6.54 Å². The molecule has 90 valence electrons. The van der Waals surface area contributed by atoms with Crippen LogP contribution in [0.25, 0.3) is 0 Å². The SMILES string of the molecule is Cc1ccc(CNc2ccccc2C#N)cc1F. The predicted molar refractivity (Wildman–Crippen MR) is 69.6 cm³/mol. The molecule has 0 saturated carbocycles. The lowest BCUT2D eigenvalue weighted by Crippen LogP contribution is -2.01. The minimum absolute atomic E-state index is 0.206. The fourth-order valence-electron chi connectivity index (χ4n) is 1.68. The fourth-order valence-corrected chi connectivity index (χ4v) is 1.68. The number of rotatable bonds is 3. The Kier molecular flexibility index (Phi) is 3.59. The lowest BCUT2D eigenvalue weighted by molar-refractivity contribution is 0.616. The van der Waals surface area contributed by atoms with Crippen LogP contribution in [0, 0.1) is 24.1 Å². The number of anilines is 1. The average Bonchev–Trinajstić information content (AvgIpc) is 2.40. The lowest BCUT2D eigenvalue weighted by atomic mass is 10.1. The van der Waals surface area contributed by atoms with Crippen molar-refractivity contribution in [3.05, 3.63) is 65.0 Å². The van der Waals surface area contributed by atoms with Gasteiger partial charge in [0.1, 0.15) is 11.9 Å². The van der Waals surface area contributed by atoms with Crippen LogP contribution in [0.5, 0.6) is 0 Å². The van der Waals surface area contributed by atoms with Gasteiger partial charge in [-0.25, -0.2) is 4.39 Å². The van der Waals surface area contributed by atoms with Gasteiger partial charge < -0.3 is 5.32 Å². The van der Waals surface area contributed by atoms with E-state index in [0.29, 0.717) is 17.7 Å². The third kappa shape index (κ3) is 2.67. The maximum absolute atomic E-state index is 13.4. The normalized spacial score (nSPS) is 9.83. The van der Waals surface area contributed by atoms with Gasteiger partial charge in [0.2, 0.25) is 0 Å². The maximum Gasteiger partial charge on any atom is 0.126 e. The van der Waals surface area contributed by atoms with Crippen molar-refractivity contribution in [3.8, 4) is 6.07 Å². The van der Waals surface area contributed by atoms with Crippen LogP contribution in [0.4, 0.5) is 10.1 Å². The Balaban J connectivity index is 2.12. The molecule has 1 N–H and O–H groups in total. The lowest BCUT2D eigenvalue weighted by Gasteiger charge is -2.08. The van der Waals surface area contributed by atoms with Crippen LogP contribution in [0.1, 0.15) is 16.7 Å². The summed E-state index contributed by atoms with van der Waals surface area (Å²) in [5.41, 5.74) is 2.84.